The van der Waals surface area contributed by atoms with Crippen LogP contribution < -0.4 is 4.74 Å². The van der Waals surface area contributed by atoms with E-state index >= 15 is 0 Å². The van der Waals surface area contributed by atoms with Gasteiger partial charge in [0, 0.05) is 12.1 Å². The van der Waals surface area contributed by atoms with Crippen molar-refractivity contribution in [2.45, 2.75) is 78.1 Å². The number of likely N-dealkylation sites (tertiary alicyclic amines) is 1. The van der Waals surface area contributed by atoms with Crippen molar-refractivity contribution < 1.29 is 27.8 Å². The van der Waals surface area contributed by atoms with Crippen molar-refractivity contribution in [1.82, 2.24) is 4.90 Å². The molecule has 1 heterocycles. The monoisotopic (exact) mass is 491 g/mol. The van der Waals surface area contributed by atoms with E-state index in [9.17, 15) is 23.1 Å². The molecule has 4 nitrogen and oxygen atoms in total. The summed E-state index contributed by atoms with van der Waals surface area (Å²) in [6, 6.07) is 7.86. The number of piperidine rings is 1. The van der Waals surface area contributed by atoms with Gasteiger partial charge in [-0.1, -0.05) is 45.0 Å². The zero-order valence-electron chi connectivity index (χ0n) is 20.8. The van der Waals surface area contributed by atoms with Crippen molar-refractivity contribution in [3.8, 4) is 5.75 Å². The van der Waals surface area contributed by atoms with Gasteiger partial charge in [-0.2, -0.15) is 13.2 Å². The van der Waals surface area contributed by atoms with Gasteiger partial charge in [-0.3, -0.25) is 9.69 Å². The molecular formula is C28H36F3NO3. The Morgan fingerprint density at radius 2 is 1.60 bits per heavy atom. The molecule has 0 unspecified atom stereocenters. The second kappa shape index (κ2) is 10.00. The molecule has 2 aliphatic rings. The zero-order chi connectivity index (χ0) is 25.4. The summed E-state index contributed by atoms with van der Waals surface area (Å²) in [7, 11) is 0. The highest BCUT2D eigenvalue weighted by molar-refractivity contribution is 5.91. The van der Waals surface area contributed by atoms with Crippen LogP contribution in [-0.2, 0) is 17.5 Å². The Kier molecular flexibility index (Phi) is 7.37. The van der Waals surface area contributed by atoms with Gasteiger partial charge >= 0.3 is 12.1 Å². The summed E-state index contributed by atoms with van der Waals surface area (Å²) >= 11 is 0. The Bertz CT molecular complexity index is 1040. The molecule has 0 atom stereocenters. The van der Waals surface area contributed by atoms with E-state index in [2.05, 4.69) is 25.7 Å². The van der Waals surface area contributed by atoms with Gasteiger partial charge in [0.15, 0.2) is 0 Å². The first-order valence-corrected chi connectivity index (χ1v) is 12.7. The molecule has 1 saturated heterocycles. The molecule has 0 bridgehead atoms. The smallest absolute Gasteiger partial charge is 0.417 e. The summed E-state index contributed by atoms with van der Waals surface area (Å²) in [4.78, 5) is 13.5. The molecule has 1 aliphatic heterocycles. The Labute approximate surface area is 205 Å². The normalized spacial score (nSPS) is 22.9. The topological polar surface area (TPSA) is 49.8 Å². The highest BCUT2D eigenvalue weighted by Crippen LogP contribution is 2.43. The fourth-order valence-electron chi connectivity index (χ4n) is 5.70. The third kappa shape index (κ3) is 5.93. The van der Waals surface area contributed by atoms with Crippen molar-refractivity contribution in [2.24, 2.45) is 17.3 Å². The first-order valence-electron chi connectivity index (χ1n) is 12.7. The third-order valence-corrected chi connectivity index (χ3v) is 7.93. The lowest BCUT2D eigenvalue weighted by molar-refractivity contribution is -0.143. The summed E-state index contributed by atoms with van der Waals surface area (Å²) in [6.45, 7) is 8.36. The number of hydrogen-bond acceptors (Lipinski definition) is 3. The van der Waals surface area contributed by atoms with Crippen molar-refractivity contribution in [2.75, 3.05) is 13.1 Å². The van der Waals surface area contributed by atoms with Crippen LogP contribution in [0.4, 0.5) is 13.2 Å². The van der Waals surface area contributed by atoms with Gasteiger partial charge in [0.25, 0.3) is 0 Å². The van der Waals surface area contributed by atoms with Gasteiger partial charge in [0.1, 0.15) is 5.75 Å². The molecule has 7 heteroatoms. The summed E-state index contributed by atoms with van der Waals surface area (Å²) in [5.41, 5.74) is 0.310. The van der Waals surface area contributed by atoms with Crippen LogP contribution in [0.15, 0.2) is 30.3 Å². The molecule has 0 aromatic heterocycles. The molecule has 1 aliphatic carbocycles. The Morgan fingerprint density at radius 1 is 1.00 bits per heavy atom. The molecule has 35 heavy (non-hydrogen) atoms. The molecule has 2 aromatic rings. The lowest BCUT2D eigenvalue weighted by atomic mass is 9.72. The van der Waals surface area contributed by atoms with Crippen LogP contribution in [0.5, 0.6) is 5.75 Å². The van der Waals surface area contributed by atoms with E-state index in [0.29, 0.717) is 49.5 Å². The van der Waals surface area contributed by atoms with Crippen LogP contribution >= 0.6 is 0 Å². The minimum Gasteiger partial charge on any atom is -0.490 e. The fraction of sp³-hybridized carbons (Fsp3) is 0.607. The maximum Gasteiger partial charge on any atom is 0.417 e. The lowest BCUT2D eigenvalue weighted by Crippen LogP contribution is -2.36. The predicted molar refractivity (Wildman–Crippen MR) is 130 cm³/mol. The number of carbonyl (C=O) groups is 1. The number of ether oxygens (including phenoxy) is 1. The number of hydrogen-bond donors (Lipinski definition) is 1. The number of benzene rings is 2. The van der Waals surface area contributed by atoms with E-state index in [1.54, 1.807) is 18.2 Å². The molecule has 0 amide bonds. The summed E-state index contributed by atoms with van der Waals surface area (Å²) in [6.07, 6.45) is 0.172. The maximum absolute atomic E-state index is 14.0. The van der Waals surface area contributed by atoms with Crippen LogP contribution in [0.1, 0.15) is 70.4 Å². The molecule has 0 radical (unpaired) electrons. The minimum absolute atomic E-state index is 0.104. The number of carboxylic acid groups (broad SMARTS) is 1. The number of aliphatic carboxylic acids is 1. The molecule has 1 saturated carbocycles. The van der Waals surface area contributed by atoms with Crippen LogP contribution in [0.3, 0.4) is 0 Å². The summed E-state index contributed by atoms with van der Waals surface area (Å²) in [5.74, 6) is -0.237. The Morgan fingerprint density at radius 3 is 2.14 bits per heavy atom. The van der Waals surface area contributed by atoms with Gasteiger partial charge < -0.3 is 9.84 Å². The summed E-state index contributed by atoms with van der Waals surface area (Å²) < 4.78 is 48.5. The van der Waals surface area contributed by atoms with Crippen molar-refractivity contribution in [1.29, 1.82) is 0 Å². The van der Waals surface area contributed by atoms with Gasteiger partial charge in [-0.25, -0.2) is 0 Å². The molecule has 4 rings (SSSR count). The molecule has 192 valence electrons. The number of fused-ring (bicyclic) bond motifs is 1. The molecule has 0 spiro atoms. The van der Waals surface area contributed by atoms with Gasteiger partial charge in [0.05, 0.1) is 17.6 Å². The number of carboxylic acids is 1. The van der Waals surface area contributed by atoms with Crippen LogP contribution in [0, 0.1) is 17.3 Å². The van der Waals surface area contributed by atoms with Gasteiger partial charge in [-0.15, -0.1) is 0 Å². The van der Waals surface area contributed by atoms with E-state index in [0.717, 1.165) is 31.2 Å². The maximum atomic E-state index is 14.0. The number of rotatable bonds is 5. The van der Waals surface area contributed by atoms with E-state index in [4.69, 9.17) is 4.74 Å². The average Bonchev–Trinajstić information content (AvgIpc) is 2.79. The molecule has 2 fully saturated rings. The van der Waals surface area contributed by atoms with Crippen molar-refractivity contribution in [3.63, 3.8) is 0 Å². The quantitative estimate of drug-likeness (QED) is 0.483. The standard InChI is InChI=1S/C28H36F3NO3/c1-27(2,3)19-8-10-20(11-9-19)35-25-16-24(28(29,30)31)22-7-5-4-6-21(22)23(25)17-32-14-12-18(13-15-32)26(33)34/h4-7,16,18-20H,8-15,17H2,1-3H3,(H,33,34). The van der Waals surface area contributed by atoms with Crippen LogP contribution in [-0.4, -0.2) is 35.2 Å². The minimum atomic E-state index is -4.49. The molecule has 1 N–H and O–H groups in total. The average molecular weight is 492 g/mol. The fourth-order valence-corrected chi connectivity index (χ4v) is 5.70. The second-order valence-electron chi connectivity index (χ2n) is 11.3. The number of alkyl halides is 3. The van der Waals surface area contributed by atoms with E-state index in [1.165, 1.54) is 12.1 Å². The summed E-state index contributed by atoms with van der Waals surface area (Å²) in [5, 5.41) is 10.0. The first kappa shape index (κ1) is 25.8. The van der Waals surface area contributed by atoms with Crippen LogP contribution in [0.25, 0.3) is 10.8 Å². The van der Waals surface area contributed by atoms with E-state index < -0.39 is 17.7 Å². The van der Waals surface area contributed by atoms with Gasteiger partial charge in [-0.05, 0) is 79.8 Å². The third-order valence-electron chi connectivity index (χ3n) is 7.93. The predicted octanol–water partition coefficient (Wildman–Crippen LogP) is 7.14. The lowest BCUT2D eigenvalue weighted by Gasteiger charge is -2.37. The highest BCUT2D eigenvalue weighted by Gasteiger charge is 2.36. The van der Waals surface area contributed by atoms with Crippen molar-refractivity contribution >= 4 is 16.7 Å². The SMILES string of the molecule is CC(C)(C)C1CCC(Oc2cc(C(F)(F)F)c3ccccc3c2CN2CCC(C(=O)O)CC2)CC1. The molecule has 2 aromatic carbocycles. The Hall–Kier alpha value is -2.28. The van der Waals surface area contributed by atoms with Crippen LogP contribution in [0.2, 0.25) is 0 Å². The second-order valence-corrected chi connectivity index (χ2v) is 11.3. The van der Waals surface area contributed by atoms with Crippen molar-refractivity contribution in [3.05, 3.63) is 41.5 Å². The number of halogens is 3. The van der Waals surface area contributed by atoms with E-state index in [-0.39, 0.29) is 22.8 Å². The van der Waals surface area contributed by atoms with E-state index in [1.807, 2.05) is 0 Å². The zero-order valence-corrected chi connectivity index (χ0v) is 20.8. The Balaban J connectivity index is 1.65. The first-order chi connectivity index (χ1) is 16.4. The highest BCUT2D eigenvalue weighted by atomic mass is 19.4. The van der Waals surface area contributed by atoms with Gasteiger partial charge in [0.2, 0.25) is 0 Å². The molecular weight excluding hydrogens is 455 g/mol. The largest absolute Gasteiger partial charge is 0.490 e. The number of nitrogens with zero attached hydrogens (tertiary/aromatic N) is 1.